The number of benzene rings is 2. The molecular formula is C15H14F2N2O2. The minimum Gasteiger partial charge on any atom is -0.374 e. The molecule has 2 aromatic carbocycles. The summed E-state index contributed by atoms with van der Waals surface area (Å²) in [7, 11) is 0. The molecule has 110 valence electrons. The van der Waals surface area contributed by atoms with Crippen LogP contribution in [0.2, 0.25) is 0 Å². The molecule has 1 N–H and O–H groups in total. The van der Waals surface area contributed by atoms with Gasteiger partial charge in [0.05, 0.1) is 17.1 Å². The molecule has 2 aromatic rings. The van der Waals surface area contributed by atoms with Gasteiger partial charge in [-0.2, -0.15) is 0 Å². The normalized spacial score (nSPS) is 12.0. The van der Waals surface area contributed by atoms with Crippen LogP contribution in [0, 0.1) is 28.7 Å². The molecule has 2 rings (SSSR count). The maximum absolute atomic E-state index is 13.8. The largest absolute Gasteiger partial charge is 0.374 e. The second-order valence-electron chi connectivity index (χ2n) is 4.76. The first kappa shape index (κ1) is 14.9. The number of non-ortho nitro benzene ring substituents is 1. The number of hydrogen-bond acceptors (Lipinski definition) is 3. The first-order valence-corrected chi connectivity index (χ1v) is 6.35. The van der Waals surface area contributed by atoms with Gasteiger partial charge in [0, 0.05) is 6.04 Å². The molecule has 0 fully saturated rings. The lowest BCUT2D eigenvalue weighted by Crippen LogP contribution is -2.11. The third kappa shape index (κ3) is 3.16. The molecule has 0 saturated carbocycles. The zero-order valence-corrected chi connectivity index (χ0v) is 11.6. The predicted molar refractivity (Wildman–Crippen MR) is 76.2 cm³/mol. The standard InChI is InChI=1S/C15H14F2N2O2/c1-9-5-3-4-6-12(9)10(2)18-15-13(16)7-11(19(20)21)8-14(15)17/h3-8,10,18H,1-2H3. The Morgan fingerprint density at radius 1 is 1.19 bits per heavy atom. The van der Waals surface area contributed by atoms with E-state index < -0.39 is 22.2 Å². The lowest BCUT2D eigenvalue weighted by Gasteiger charge is -2.18. The minimum absolute atomic E-state index is 0.336. The van der Waals surface area contributed by atoms with E-state index >= 15 is 0 Å². The molecule has 0 amide bonds. The van der Waals surface area contributed by atoms with Crippen molar-refractivity contribution in [3.63, 3.8) is 0 Å². The number of rotatable bonds is 4. The fraction of sp³-hybridized carbons (Fsp3) is 0.200. The minimum atomic E-state index is -0.984. The molecule has 0 aliphatic carbocycles. The average molecular weight is 292 g/mol. The number of halogens is 2. The Morgan fingerprint density at radius 2 is 1.76 bits per heavy atom. The molecule has 4 nitrogen and oxygen atoms in total. The highest BCUT2D eigenvalue weighted by Gasteiger charge is 2.19. The Kier molecular flexibility index (Phi) is 4.16. The molecule has 0 aliphatic heterocycles. The Balaban J connectivity index is 2.32. The number of nitro groups is 1. The third-order valence-corrected chi connectivity index (χ3v) is 3.25. The second-order valence-corrected chi connectivity index (χ2v) is 4.76. The highest BCUT2D eigenvalue weighted by atomic mass is 19.1. The smallest absolute Gasteiger partial charge is 0.275 e. The van der Waals surface area contributed by atoms with Gasteiger partial charge >= 0.3 is 0 Å². The van der Waals surface area contributed by atoms with Crippen molar-refractivity contribution in [3.8, 4) is 0 Å². The van der Waals surface area contributed by atoms with Gasteiger partial charge in [0.2, 0.25) is 0 Å². The maximum atomic E-state index is 13.8. The van der Waals surface area contributed by atoms with Crippen LogP contribution in [0.25, 0.3) is 0 Å². The van der Waals surface area contributed by atoms with Crippen LogP contribution in [0.3, 0.4) is 0 Å². The summed E-state index contributed by atoms with van der Waals surface area (Å²) in [6, 6.07) is 8.54. The summed E-state index contributed by atoms with van der Waals surface area (Å²) in [6.07, 6.45) is 0. The quantitative estimate of drug-likeness (QED) is 0.673. The van der Waals surface area contributed by atoms with Crippen molar-refractivity contribution in [2.75, 3.05) is 5.32 Å². The highest BCUT2D eigenvalue weighted by Crippen LogP contribution is 2.29. The van der Waals surface area contributed by atoms with Crippen molar-refractivity contribution in [1.29, 1.82) is 0 Å². The SMILES string of the molecule is Cc1ccccc1C(C)Nc1c(F)cc([N+](=O)[O-])cc1F. The lowest BCUT2D eigenvalue weighted by molar-refractivity contribution is -0.385. The lowest BCUT2D eigenvalue weighted by atomic mass is 10.0. The summed E-state index contributed by atoms with van der Waals surface area (Å²) in [5.74, 6) is -1.97. The average Bonchev–Trinajstić information content (AvgIpc) is 2.42. The van der Waals surface area contributed by atoms with E-state index in [1.165, 1.54) is 0 Å². The van der Waals surface area contributed by atoms with E-state index in [-0.39, 0.29) is 11.7 Å². The fourth-order valence-electron chi connectivity index (χ4n) is 2.17. The molecule has 1 unspecified atom stereocenters. The van der Waals surface area contributed by atoms with Crippen LogP contribution in [-0.2, 0) is 0 Å². The molecule has 0 heterocycles. The topological polar surface area (TPSA) is 55.2 Å². The van der Waals surface area contributed by atoms with Gasteiger partial charge in [-0.25, -0.2) is 8.78 Å². The van der Waals surface area contributed by atoms with Crippen LogP contribution in [0.15, 0.2) is 36.4 Å². The van der Waals surface area contributed by atoms with E-state index in [2.05, 4.69) is 5.32 Å². The Hall–Kier alpha value is -2.50. The summed E-state index contributed by atoms with van der Waals surface area (Å²) in [5, 5.41) is 13.3. The van der Waals surface area contributed by atoms with E-state index in [4.69, 9.17) is 0 Å². The Labute approximate surface area is 120 Å². The monoisotopic (exact) mass is 292 g/mol. The van der Waals surface area contributed by atoms with Crippen LogP contribution in [0.4, 0.5) is 20.2 Å². The van der Waals surface area contributed by atoms with Gasteiger partial charge in [0.15, 0.2) is 11.6 Å². The van der Waals surface area contributed by atoms with Crippen LogP contribution in [-0.4, -0.2) is 4.92 Å². The zero-order chi connectivity index (χ0) is 15.6. The summed E-state index contributed by atoms with van der Waals surface area (Å²) in [6.45, 7) is 3.67. The first-order valence-electron chi connectivity index (χ1n) is 6.35. The summed E-state index contributed by atoms with van der Waals surface area (Å²) < 4.78 is 27.7. The van der Waals surface area contributed by atoms with Crippen LogP contribution >= 0.6 is 0 Å². The first-order chi connectivity index (χ1) is 9.90. The van der Waals surface area contributed by atoms with Gasteiger partial charge in [-0.1, -0.05) is 24.3 Å². The molecule has 0 radical (unpaired) electrons. The third-order valence-electron chi connectivity index (χ3n) is 3.25. The number of nitrogens with zero attached hydrogens (tertiary/aromatic N) is 1. The van der Waals surface area contributed by atoms with Crippen molar-refractivity contribution in [3.05, 3.63) is 69.3 Å². The summed E-state index contributed by atoms with van der Waals surface area (Å²) in [5.41, 5.74) is 0.908. The molecule has 1 atom stereocenters. The van der Waals surface area contributed by atoms with Gasteiger partial charge in [-0.15, -0.1) is 0 Å². The second kappa shape index (κ2) is 5.87. The van der Waals surface area contributed by atoms with E-state index in [9.17, 15) is 18.9 Å². The Morgan fingerprint density at radius 3 is 2.29 bits per heavy atom. The van der Waals surface area contributed by atoms with Gasteiger partial charge in [0.1, 0.15) is 5.69 Å². The highest BCUT2D eigenvalue weighted by molar-refractivity contribution is 5.53. The van der Waals surface area contributed by atoms with Gasteiger partial charge in [-0.3, -0.25) is 10.1 Å². The molecule has 0 aliphatic rings. The van der Waals surface area contributed by atoms with Crippen molar-refractivity contribution in [2.24, 2.45) is 0 Å². The molecule has 0 saturated heterocycles. The van der Waals surface area contributed by atoms with E-state index in [0.717, 1.165) is 11.1 Å². The molecule has 0 spiro atoms. The van der Waals surface area contributed by atoms with E-state index in [1.807, 2.05) is 31.2 Å². The zero-order valence-electron chi connectivity index (χ0n) is 11.6. The molecular weight excluding hydrogens is 278 g/mol. The van der Waals surface area contributed by atoms with Gasteiger partial charge < -0.3 is 5.32 Å². The predicted octanol–water partition coefficient (Wildman–Crippen LogP) is 4.35. The maximum Gasteiger partial charge on any atom is 0.275 e. The van der Waals surface area contributed by atoms with Gasteiger partial charge in [-0.05, 0) is 25.0 Å². The summed E-state index contributed by atoms with van der Waals surface area (Å²) >= 11 is 0. The molecule has 21 heavy (non-hydrogen) atoms. The van der Waals surface area contributed by atoms with Gasteiger partial charge in [0.25, 0.3) is 5.69 Å². The number of hydrogen-bond donors (Lipinski definition) is 1. The van der Waals surface area contributed by atoms with E-state index in [0.29, 0.717) is 12.1 Å². The Bertz CT molecular complexity index is 666. The van der Waals surface area contributed by atoms with Crippen LogP contribution in [0.1, 0.15) is 24.1 Å². The molecule has 0 bridgehead atoms. The number of aryl methyl sites for hydroxylation is 1. The van der Waals surface area contributed by atoms with Crippen molar-refractivity contribution < 1.29 is 13.7 Å². The van der Waals surface area contributed by atoms with Crippen molar-refractivity contribution in [1.82, 2.24) is 0 Å². The number of nitrogens with one attached hydrogen (secondary N) is 1. The van der Waals surface area contributed by atoms with Crippen molar-refractivity contribution in [2.45, 2.75) is 19.9 Å². The number of anilines is 1. The fourth-order valence-corrected chi connectivity index (χ4v) is 2.17. The van der Waals surface area contributed by atoms with Crippen LogP contribution in [0.5, 0.6) is 0 Å². The summed E-state index contributed by atoms with van der Waals surface area (Å²) in [4.78, 5) is 9.72. The number of nitro benzene ring substituents is 1. The van der Waals surface area contributed by atoms with Crippen molar-refractivity contribution >= 4 is 11.4 Å². The molecule has 0 aromatic heterocycles. The molecule has 6 heteroatoms. The van der Waals surface area contributed by atoms with Crippen LogP contribution < -0.4 is 5.32 Å². The van der Waals surface area contributed by atoms with E-state index in [1.54, 1.807) is 6.92 Å².